The van der Waals surface area contributed by atoms with Gasteiger partial charge in [-0.25, -0.2) is 9.59 Å². The molecule has 334 valence electrons. The van der Waals surface area contributed by atoms with E-state index in [1.807, 2.05) is 0 Å². The number of hydrogen-bond donors (Lipinski definition) is 1. The van der Waals surface area contributed by atoms with Crippen LogP contribution in [0.15, 0.2) is 48.7 Å². The van der Waals surface area contributed by atoms with Crippen LogP contribution in [0.25, 0.3) is 0 Å². The third kappa shape index (κ3) is 7.76. The fourth-order valence-electron chi connectivity index (χ4n) is 9.73. The molecule has 1 N–H and O–H groups in total. The van der Waals surface area contributed by atoms with Crippen molar-refractivity contribution in [1.82, 2.24) is 4.98 Å². The van der Waals surface area contributed by atoms with E-state index in [9.17, 15) is 43.5 Å². The molecule has 1 aromatic carbocycles. The second-order valence-corrected chi connectivity index (χ2v) is 16.4. The lowest BCUT2D eigenvalue weighted by atomic mass is 9.45. The van der Waals surface area contributed by atoms with Crippen LogP contribution in [0.4, 0.5) is 0 Å². The number of carbonyl (C=O) groups is 8. The van der Waals surface area contributed by atoms with Crippen molar-refractivity contribution in [2.24, 2.45) is 17.3 Å². The Morgan fingerprint density at radius 1 is 0.774 bits per heavy atom. The number of pyridine rings is 1. The third-order valence-corrected chi connectivity index (χ3v) is 12.1. The summed E-state index contributed by atoms with van der Waals surface area (Å²) in [5, 5.41) is 13.6. The molecule has 7 unspecified atom stereocenters. The quantitative estimate of drug-likeness (QED) is 0.295. The summed E-state index contributed by atoms with van der Waals surface area (Å²) in [4.78, 5) is 113. The first-order chi connectivity index (χ1) is 29.1. The van der Waals surface area contributed by atoms with Crippen LogP contribution in [0.3, 0.4) is 0 Å². The predicted molar refractivity (Wildman–Crippen MR) is 205 cm³/mol. The number of nitrogens with zero attached hydrogens (tertiary/aromatic N) is 1. The molecule has 0 amide bonds. The number of aromatic nitrogens is 1. The highest BCUT2D eigenvalue weighted by Crippen LogP contribution is 2.70. The van der Waals surface area contributed by atoms with Crippen LogP contribution in [0.2, 0.25) is 0 Å². The van der Waals surface area contributed by atoms with Gasteiger partial charge in [-0.1, -0.05) is 25.1 Å². The number of aryl methyl sites for hydroxylation is 1. The molecule has 19 nitrogen and oxygen atoms in total. The highest BCUT2D eigenvalue weighted by Gasteiger charge is 2.92. The molecule has 6 rings (SSSR count). The zero-order valence-corrected chi connectivity index (χ0v) is 35.4. The highest BCUT2D eigenvalue weighted by atomic mass is 16.7. The molecule has 4 aliphatic rings. The Balaban J connectivity index is 1.77. The summed E-state index contributed by atoms with van der Waals surface area (Å²) < 4.78 is 55.3. The smallest absolute Gasteiger partial charge is 0.340 e. The Labute approximate surface area is 355 Å². The summed E-state index contributed by atoms with van der Waals surface area (Å²) in [5.41, 5.74) is -10.1. The van der Waals surface area contributed by atoms with Gasteiger partial charge in [0.2, 0.25) is 0 Å². The van der Waals surface area contributed by atoms with E-state index < -0.39 is 132 Å². The highest BCUT2D eigenvalue weighted by molar-refractivity contribution is 5.91. The number of carbonyl (C=O) groups excluding carboxylic acids is 8. The number of aliphatic hydroxyl groups is 1. The molecule has 2 aromatic rings. The normalized spacial score (nSPS) is 35.0. The molecule has 1 saturated heterocycles. The largest absolute Gasteiger partial charge is 0.465 e. The van der Waals surface area contributed by atoms with Gasteiger partial charge in [-0.15, -0.1) is 0 Å². The number of hydrogen-bond acceptors (Lipinski definition) is 19. The van der Waals surface area contributed by atoms with Crippen LogP contribution in [-0.2, 0) is 77.8 Å². The lowest BCUT2D eigenvalue weighted by Gasteiger charge is -2.67. The van der Waals surface area contributed by atoms with Crippen LogP contribution in [-0.4, -0.2) is 124 Å². The minimum Gasteiger partial charge on any atom is -0.465 e. The van der Waals surface area contributed by atoms with Crippen LogP contribution in [0.5, 0.6) is 0 Å². The molecule has 0 radical (unpaired) electrons. The molecule has 4 bridgehead atoms. The number of benzene rings is 1. The maximum absolute atomic E-state index is 14.4. The summed E-state index contributed by atoms with van der Waals surface area (Å²) in [6, 6.07) is 10.4. The van der Waals surface area contributed by atoms with Crippen molar-refractivity contribution in [3.63, 3.8) is 0 Å². The van der Waals surface area contributed by atoms with Crippen molar-refractivity contribution in [2.45, 2.75) is 122 Å². The zero-order chi connectivity index (χ0) is 45.5. The maximum atomic E-state index is 14.4. The fourth-order valence-corrected chi connectivity index (χ4v) is 9.73. The molecule has 19 heteroatoms. The molecule has 2 saturated carbocycles. The van der Waals surface area contributed by atoms with E-state index in [2.05, 4.69) is 4.98 Å². The molecule has 1 aromatic heterocycles. The standard InChI is InChI=1S/C43H49NO18/c1-21-16-17-29-28(15-12-18-44-29)39(52)55-19-40(7)30-31(56-23(3)46)35(58-25(5)48)42(20-54-22(2)45)36(59-26(6)49)32(60-38(51)27-13-10-9-11-14-27)34(61-37(21)50)41(8,53)43(42,62-40)33(30)57-24(4)47/h9-15,18,21,30-36,53H,16-17,19-20H2,1-8H3/t21?,30-,31?,32?,33?,34+,35?,36?,40+,41+,42?,43+/m1/s1. The number of fused-ring (bicyclic) bond motifs is 5. The van der Waals surface area contributed by atoms with Crippen LogP contribution < -0.4 is 0 Å². The topological polar surface area (TPSA) is 253 Å². The molecule has 12 atom stereocenters. The Bertz CT molecular complexity index is 2140. The van der Waals surface area contributed by atoms with Crippen LogP contribution in [0.1, 0.15) is 88.2 Å². The summed E-state index contributed by atoms with van der Waals surface area (Å²) in [6.45, 7) is 7.16. The van der Waals surface area contributed by atoms with E-state index in [1.54, 1.807) is 6.07 Å². The Kier molecular flexibility index (Phi) is 12.6. The van der Waals surface area contributed by atoms with Gasteiger partial charge in [0.25, 0.3) is 0 Å². The maximum Gasteiger partial charge on any atom is 0.340 e. The number of esters is 8. The molecule has 3 heterocycles. The number of cyclic esters (lactones) is 1. The first-order valence-electron chi connectivity index (χ1n) is 19.9. The Hall–Kier alpha value is -5.95. The Morgan fingerprint density at radius 3 is 1.97 bits per heavy atom. The second-order valence-electron chi connectivity index (χ2n) is 16.4. The summed E-state index contributed by atoms with van der Waals surface area (Å²) in [7, 11) is 0. The van der Waals surface area contributed by atoms with Crippen LogP contribution >= 0.6 is 0 Å². The first-order valence-corrected chi connectivity index (χ1v) is 19.9. The van der Waals surface area contributed by atoms with Gasteiger partial charge in [-0.05, 0) is 51.0 Å². The average Bonchev–Trinajstić information content (AvgIpc) is 3.41. The Morgan fingerprint density at radius 2 is 1.37 bits per heavy atom. The van der Waals surface area contributed by atoms with E-state index in [4.69, 9.17) is 42.6 Å². The minimum absolute atomic E-state index is 0.0225. The predicted octanol–water partition coefficient (Wildman–Crippen LogP) is 2.16. The molecule has 2 aliphatic heterocycles. The molecule has 2 aliphatic carbocycles. The van der Waals surface area contributed by atoms with Crippen molar-refractivity contribution in [3.8, 4) is 0 Å². The van der Waals surface area contributed by atoms with Crippen molar-refractivity contribution in [3.05, 3.63) is 65.5 Å². The minimum atomic E-state index is -2.86. The lowest BCUT2D eigenvalue weighted by Crippen LogP contribution is -2.89. The van der Waals surface area contributed by atoms with Gasteiger partial charge < -0.3 is 47.7 Å². The average molecular weight is 868 g/mol. The van der Waals surface area contributed by atoms with E-state index in [0.29, 0.717) is 0 Å². The monoisotopic (exact) mass is 867 g/mol. The SMILES string of the molecule is CC(=O)OCC12C(OC(C)=O)C(OC(C)=O)[C@@H]3C(OC(C)=O)[C@@]14O[C@@]3(C)COC(=O)c1cccnc1CCC(C)C(=O)O[C@@H](C(OC(=O)c1ccccc1)C2OC(C)=O)[C@]4(C)O. The first kappa shape index (κ1) is 45.6. The van der Waals surface area contributed by atoms with Gasteiger partial charge >= 0.3 is 47.8 Å². The molecule has 62 heavy (non-hydrogen) atoms. The van der Waals surface area contributed by atoms with Gasteiger partial charge in [-0.2, -0.15) is 0 Å². The molecule has 1 spiro atoms. The molecular weight excluding hydrogens is 818 g/mol. The van der Waals surface area contributed by atoms with Crippen molar-refractivity contribution in [1.29, 1.82) is 0 Å². The number of rotatable bonds is 8. The van der Waals surface area contributed by atoms with E-state index >= 15 is 0 Å². The van der Waals surface area contributed by atoms with Crippen molar-refractivity contribution >= 4 is 47.8 Å². The van der Waals surface area contributed by atoms with Gasteiger partial charge in [-0.3, -0.25) is 33.8 Å². The summed E-state index contributed by atoms with van der Waals surface area (Å²) >= 11 is 0. The second kappa shape index (κ2) is 17.1. The summed E-state index contributed by atoms with van der Waals surface area (Å²) in [6.07, 6.45) is -10.6. The van der Waals surface area contributed by atoms with Gasteiger partial charge in [0.1, 0.15) is 42.0 Å². The van der Waals surface area contributed by atoms with E-state index in [0.717, 1.165) is 41.5 Å². The fraction of sp³-hybridized carbons (Fsp3) is 0.558. The summed E-state index contributed by atoms with van der Waals surface area (Å²) in [5.74, 6) is -10.7. The van der Waals surface area contributed by atoms with Crippen molar-refractivity contribution < 1.29 is 86.1 Å². The molecular formula is C43H49NO18. The van der Waals surface area contributed by atoms with Gasteiger partial charge in [0.15, 0.2) is 30.0 Å². The van der Waals surface area contributed by atoms with E-state index in [-0.39, 0.29) is 29.7 Å². The third-order valence-electron chi connectivity index (χ3n) is 12.1. The number of ether oxygens (including phenoxy) is 9. The van der Waals surface area contributed by atoms with Gasteiger partial charge in [0.05, 0.1) is 28.7 Å². The van der Waals surface area contributed by atoms with E-state index in [1.165, 1.54) is 56.4 Å². The van der Waals surface area contributed by atoms with Crippen LogP contribution in [0, 0.1) is 17.3 Å². The van der Waals surface area contributed by atoms with Gasteiger partial charge in [0, 0.05) is 40.8 Å². The molecule has 3 fully saturated rings. The van der Waals surface area contributed by atoms with Crippen molar-refractivity contribution in [2.75, 3.05) is 13.2 Å². The lowest BCUT2D eigenvalue weighted by molar-refractivity contribution is -0.386. The zero-order valence-electron chi connectivity index (χ0n) is 35.4.